The maximum atomic E-state index is 13.4. The van der Waals surface area contributed by atoms with Crippen LogP contribution in [-0.4, -0.2) is 24.1 Å². The van der Waals surface area contributed by atoms with E-state index in [1.54, 1.807) is 19.9 Å². The molecule has 0 radical (unpaired) electrons. The van der Waals surface area contributed by atoms with E-state index >= 15 is 0 Å². The summed E-state index contributed by atoms with van der Waals surface area (Å²) in [5, 5.41) is 13.1. The van der Waals surface area contributed by atoms with E-state index in [9.17, 15) is 31.4 Å². The fourth-order valence-electron chi connectivity index (χ4n) is 4.47. The lowest BCUT2D eigenvalue weighted by Crippen LogP contribution is -2.54. The zero-order valence-corrected chi connectivity index (χ0v) is 17.9. The molecule has 168 valence electrons. The number of fused-ring (bicyclic) bond motifs is 4. The average Bonchev–Trinajstić information content (AvgIpc) is 2.65. The van der Waals surface area contributed by atoms with Gasteiger partial charge in [0, 0.05) is 32.6 Å². The fraction of sp³-hybridized carbons (Fsp3) is 0.429. The zero-order valence-electron chi connectivity index (χ0n) is 16.3. The largest absolute Gasteiger partial charge is 0.493 e. The number of hydrogen-bond acceptors (Lipinski definition) is 3. The molecule has 2 aliphatic rings. The van der Waals surface area contributed by atoms with E-state index in [0.717, 1.165) is 22.2 Å². The first-order valence-corrected chi connectivity index (χ1v) is 10.2. The van der Waals surface area contributed by atoms with E-state index in [2.05, 4.69) is 21.2 Å². The van der Waals surface area contributed by atoms with Crippen LogP contribution in [0.5, 0.6) is 5.75 Å². The van der Waals surface area contributed by atoms with E-state index in [1.807, 2.05) is 12.1 Å². The van der Waals surface area contributed by atoms with Crippen molar-refractivity contribution in [3.8, 4) is 5.75 Å². The van der Waals surface area contributed by atoms with Gasteiger partial charge in [-0.25, -0.2) is 0 Å². The van der Waals surface area contributed by atoms with Crippen LogP contribution in [0.15, 0.2) is 40.9 Å². The number of hydrogen-bond donors (Lipinski definition) is 2. The Labute approximate surface area is 182 Å². The Kier molecular flexibility index (Phi) is 4.87. The summed E-state index contributed by atoms with van der Waals surface area (Å²) in [7, 11) is 0. The first-order chi connectivity index (χ1) is 14.2. The molecule has 10 heteroatoms. The van der Waals surface area contributed by atoms with Crippen molar-refractivity contribution in [1.29, 1.82) is 0 Å². The third-order valence-corrected chi connectivity index (χ3v) is 6.81. The lowest BCUT2D eigenvalue weighted by atomic mass is 9.65. The van der Waals surface area contributed by atoms with E-state index in [4.69, 9.17) is 4.74 Å². The van der Waals surface area contributed by atoms with Crippen LogP contribution in [0, 0.1) is 5.92 Å². The molecule has 2 N–H and O–H groups in total. The molecule has 2 aliphatic heterocycles. The van der Waals surface area contributed by atoms with E-state index < -0.39 is 28.9 Å². The molecule has 0 amide bonds. The second-order valence-corrected chi connectivity index (χ2v) is 9.33. The van der Waals surface area contributed by atoms with Gasteiger partial charge in [0.1, 0.15) is 5.75 Å². The number of nitrogens with one attached hydrogen (secondary N) is 1. The maximum Gasteiger partial charge on any atom is 0.430 e. The Morgan fingerprint density at radius 2 is 1.68 bits per heavy atom. The van der Waals surface area contributed by atoms with Gasteiger partial charge in [0.25, 0.3) is 5.60 Å². The number of rotatable bonds is 1. The fourth-order valence-corrected chi connectivity index (χ4v) is 4.85. The summed E-state index contributed by atoms with van der Waals surface area (Å²) < 4.78 is 86.9. The van der Waals surface area contributed by atoms with Crippen molar-refractivity contribution < 1.29 is 36.2 Å². The first kappa shape index (κ1) is 22.3. The van der Waals surface area contributed by atoms with Gasteiger partial charge in [0.2, 0.25) is 0 Å². The lowest BCUT2D eigenvalue weighted by Gasteiger charge is -2.49. The quantitative estimate of drug-likeness (QED) is 0.448. The number of ether oxygens (including phenoxy) is 1. The Morgan fingerprint density at radius 1 is 1.03 bits per heavy atom. The summed E-state index contributed by atoms with van der Waals surface area (Å²) in [4.78, 5) is 0. The monoisotopic (exact) mass is 509 g/mol. The maximum absolute atomic E-state index is 13.4. The molecule has 31 heavy (non-hydrogen) atoms. The molecule has 0 spiro atoms. The highest BCUT2D eigenvalue weighted by Gasteiger charge is 2.71. The highest BCUT2D eigenvalue weighted by atomic mass is 79.9. The third kappa shape index (κ3) is 3.21. The average molecular weight is 510 g/mol. The highest BCUT2D eigenvalue weighted by molar-refractivity contribution is 9.10. The SMILES string of the molecule is CC1(C)c2cc(C(O)(C(F)(F)F)C(F)(F)F)ccc2N[C@@H]2c3cc(Br)ccc3OC[C@H]21. The van der Waals surface area contributed by atoms with Gasteiger partial charge >= 0.3 is 12.4 Å². The molecule has 4 rings (SSSR count). The third-order valence-electron chi connectivity index (χ3n) is 6.32. The van der Waals surface area contributed by atoms with Crippen LogP contribution < -0.4 is 10.1 Å². The van der Waals surface area contributed by atoms with Crippen LogP contribution in [0.4, 0.5) is 32.0 Å². The van der Waals surface area contributed by atoms with Crippen LogP contribution in [0.25, 0.3) is 0 Å². The summed E-state index contributed by atoms with van der Waals surface area (Å²) in [5.74, 6) is 0.387. The van der Waals surface area contributed by atoms with Crippen LogP contribution in [0.2, 0.25) is 0 Å². The van der Waals surface area contributed by atoms with Crippen molar-refractivity contribution in [3.05, 3.63) is 57.6 Å². The molecule has 2 heterocycles. The topological polar surface area (TPSA) is 41.5 Å². The van der Waals surface area contributed by atoms with Crippen LogP contribution >= 0.6 is 15.9 Å². The normalized spacial score (nSPS) is 22.5. The number of benzene rings is 2. The minimum atomic E-state index is -5.94. The Bertz CT molecular complexity index is 1020. The second kappa shape index (κ2) is 6.78. The van der Waals surface area contributed by atoms with Crippen molar-refractivity contribution >= 4 is 21.6 Å². The molecule has 0 fully saturated rings. The van der Waals surface area contributed by atoms with Gasteiger partial charge in [-0.15, -0.1) is 0 Å². The van der Waals surface area contributed by atoms with Crippen molar-refractivity contribution in [1.82, 2.24) is 0 Å². The first-order valence-electron chi connectivity index (χ1n) is 9.37. The molecule has 2 aromatic carbocycles. The van der Waals surface area contributed by atoms with E-state index in [0.29, 0.717) is 17.5 Å². The van der Waals surface area contributed by atoms with Gasteiger partial charge in [0.15, 0.2) is 0 Å². The van der Waals surface area contributed by atoms with Gasteiger partial charge in [-0.05, 0) is 35.9 Å². The molecule has 0 saturated heterocycles. The summed E-state index contributed by atoms with van der Waals surface area (Å²) in [6, 6.07) is 7.89. The number of halogens is 7. The van der Waals surface area contributed by atoms with Gasteiger partial charge in [-0.2, -0.15) is 26.3 Å². The second-order valence-electron chi connectivity index (χ2n) is 8.41. The van der Waals surface area contributed by atoms with Gasteiger partial charge in [-0.3, -0.25) is 0 Å². The Hall–Kier alpha value is -1.94. The van der Waals surface area contributed by atoms with Crippen LogP contribution in [0.3, 0.4) is 0 Å². The summed E-state index contributed by atoms with van der Waals surface area (Å²) in [6.07, 6.45) is -11.9. The molecule has 0 unspecified atom stereocenters. The molecule has 0 bridgehead atoms. The summed E-state index contributed by atoms with van der Waals surface area (Å²) in [5.41, 5.74) is -5.58. The molecular formula is C21H18BrF6NO2. The Balaban J connectivity index is 1.85. The van der Waals surface area contributed by atoms with Gasteiger partial charge in [0.05, 0.1) is 12.6 Å². The summed E-state index contributed by atoms with van der Waals surface area (Å²) in [6.45, 7) is 3.73. The van der Waals surface area contributed by atoms with Crippen molar-refractivity contribution in [2.45, 2.75) is 43.3 Å². The molecule has 2 aromatic rings. The number of alkyl halides is 6. The number of anilines is 1. The van der Waals surface area contributed by atoms with Crippen LogP contribution in [-0.2, 0) is 11.0 Å². The lowest BCUT2D eigenvalue weighted by molar-refractivity contribution is -0.376. The molecule has 0 aliphatic carbocycles. The smallest absolute Gasteiger partial charge is 0.430 e. The molecule has 0 aromatic heterocycles. The zero-order chi connectivity index (χ0) is 23.0. The predicted molar refractivity (Wildman–Crippen MR) is 105 cm³/mol. The van der Waals surface area contributed by atoms with Crippen molar-refractivity contribution in [2.24, 2.45) is 5.92 Å². The van der Waals surface area contributed by atoms with E-state index in [-0.39, 0.29) is 24.1 Å². The predicted octanol–water partition coefficient (Wildman–Crippen LogP) is 6.21. The highest BCUT2D eigenvalue weighted by Crippen LogP contribution is 2.55. The number of aliphatic hydroxyl groups is 1. The van der Waals surface area contributed by atoms with Crippen molar-refractivity contribution in [3.63, 3.8) is 0 Å². The minimum absolute atomic E-state index is 0.228. The van der Waals surface area contributed by atoms with E-state index in [1.165, 1.54) is 0 Å². The van der Waals surface area contributed by atoms with Crippen molar-refractivity contribution in [2.75, 3.05) is 11.9 Å². The summed E-state index contributed by atoms with van der Waals surface area (Å²) >= 11 is 3.41. The molecule has 3 nitrogen and oxygen atoms in total. The minimum Gasteiger partial charge on any atom is -0.493 e. The Morgan fingerprint density at radius 3 is 2.29 bits per heavy atom. The molecular weight excluding hydrogens is 492 g/mol. The van der Waals surface area contributed by atoms with Crippen LogP contribution in [0.1, 0.15) is 36.6 Å². The van der Waals surface area contributed by atoms with Gasteiger partial charge < -0.3 is 15.2 Å². The molecule has 0 saturated carbocycles. The standard InChI is InChI=1S/C21H18BrF6NO2/c1-18(2)13-7-10(19(30,20(23,24)25)21(26,27)28)3-5-15(13)29-17-12-8-11(22)4-6-16(12)31-9-14(17)18/h3-8,14,17,29-30H,9H2,1-2H3/t14-,17-/m1/s1. The van der Waals surface area contributed by atoms with Gasteiger partial charge in [-0.1, -0.05) is 35.8 Å². The molecule has 2 atom stereocenters.